The van der Waals surface area contributed by atoms with E-state index >= 15 is 0 Å². The fourth-order valence-corrected chi connectivity index (χ4v) is 3.67. The number of methoxy groups -OCH3 is 2. The third kappa shape index (κ3) is 3.32. The predicted octanol–water partition coefficient (Wildman–Crippen LogP) is 2.85. The first-order valence-corrected chi connectivity index (χ1v) is 8.97. The minimum atomic E-state index is 0.0654. The Labute approximate surface area is 158 Å². The van der Waals surface area contributed by atoms with Crippen molar-refractivity contribution < 1.29 is 23.7 Å². The number of carbonyl (C=O) groups is 1. The van der Waals surface area contributed by atoms with Crippen LogP contribution in [0.15, 0.2) is 24.3 Å². The van der Waals surface area contributed by atoms with Gasteiger partial charge >= 0.3 is 0 Å². The third-order valence-corrected chi connectivity index (χ3v) is 5.16. The summed E-state index contributed by atoms with van der Waals surface area (Å²) in [6.45, 7) is 1.80. The van der Waals surface area contributed by atoms with Gasteiger partial charge in [-0.2, -0.15) is 0 Å². The van der Waals surface area contributed by atoms with Crippen LogP contribution in [0.3, 0.4) is 0 Å². The van der Waals surface area contributed by atoms with Gasteiger partial charge in [-0.25, -0.2) is 0 Å². The molecule has 0 saturated carbocycles. The molecule has 6 heteroatoms. The zero-order valence-corrected chi connectivity index (χ0v) is 15.8. The quantitative estimate of drug-likeness (QED) is 0.811. The summed E-state index contributed by atoms with van der Waals surface area (Å²) in [5, 5.41) is 0. The van der Waals surface area contributed by atoms with Crippen molar-refractivity contribution in [3.63, 3.8) is 0 Å². The minimum Gasteiger partial charge on any atom is -0.493 e. The lowest BCUT2D eigenvalue weighted by molar-refractivity contribution is 0.0990. The van der Waals surface area contributed by atoms with Gasteiger partial charge in [0.05, 0.1) is 14.2 Å². The van der Waals surface area contributed by atoms with Crippen LogP contribution < -0.4 is 18.9 Å². The Kier molecular flexibility index (Phi) is 4.66. The van der Waals surface area contributed by atoms with Crippen LogP contribution in [0.25, 0.3) is 0 Å². The topological polar surface area (TPSA) is 57.2 Å². The van der Waals surface area contributed by atoms with Gasteiger partial charge in [-0.15, -0.1) is 0 Å². The van der Waals surface area contributed by atoms with Gasteiger partial charge in [0.2, 0.25) is 6.79 Å². The average molecular weight is 369 g/mol. The highest BCUT2D eigenvalue weighted by atomic mass is 16.7. The zero-order chi connectivity index (χ0) is 19.0. The van der Waals surface area contributed by atoms with Gasteiger partial charge in [-0.05, 0) is 54.4 Å². The highest BCUT2D eigenvalue weighted by Crippen LogP contribution is 2.37. The van der Waals surface area contributed by atoms with E-state index in [9.17, 15) is 4.79 Å². The monoisotopic (exact) mass is 369 g/mol. The van der Waals surface area contributed by atoms with E-state index in [1.54, 1.807) is 20.3 Å². The van der Waals surface area contributed by atoms with E-state index in [2.05, 4.69) is 11.9 Å². The molecule has 0 amide bonds. The van der Waals surface area contributed by atoms with Crippen LogP contribution in [0.2, 0.25) is 0 Å². The first-order valence-electron chi connectivity index (χ1n) is 8.97. The lowest BCUT2D eigenvalue weighted by Crippen LogP contribution is -2.24. The molecular formula is C21H23NO5. The molecule has 2 aromatic rings. The van der Waals surface area contributed by atoms with Crippen LogP contribution in [0.1, 0.15) is 27.0 Å². The molecule has 0 radical (unpaired) electrons. The van der Waals surface area contributed by atoms with E-state index in [4.69, 9.17) is 18.9 Å². The number of fused-ring (bicyclic) bond motifs is 3. The molecule has 6 nitrogen and oxygen atoms in total. The van der Waals surface area contributed by atoms with Crippen LogP contribution in [0.4, 0.5) is 0 Å². The Morgan fingerprint density at radius 2 is 1.59 bits per heavy atom. The van der Waals surface area contributed by atoms with Crippen LogP contribution >= 0.6 is 0 Å². The van der Waals surface area contributed by atoms with Crippen LogP contribution in [-0.2, 0) is 19.4 Å². The summed E-state index contributed by atoms with van der Waals surface area (Å²) in [6.07, 6.45) is 1.07. The molecule has 0 fully saturated rings. The zero-order valence-electron chi connectivity index (χ0n) is 15.8. The molecule has 0 aromatic heterocycles. The van der Waals surface area contributed by atoms with E-state index in [-0.39, 0.29) is 12.6 Å². The smallest absolute Gasteiger partial charge is 0.231 e. The molecule has 2 aromatic carbocycles. The van der Waals surface area contributed by atoms with Crippen molar-refractivity contribution in [2.45, 2.75) is 19.4 Å². The Hall–Kier alpha value is -2.73. The van der Waals surface area contributed by atoms with Crippen LogP contribution in [0, 0.1) is 0 Å². The minimum absolute atomic E-state index is 0.0654. The summed E-state index contributed by atoms with van der Waals surface area (Å²) in [6, 6.07) is 7.65. The second kappa shape index (κ2) is 7.12. The summed E-state index contributed by atoms with van der Waals surface area (Å²) < 4.78 is 21.8. The number of nitrogens with zero attached hydrogens (tertiary/aromatic N) is 1. The van der Waals surface area contributed by atoms with Crippen molar-refractivity contribution in [1.29, 1.82) is 0 Å². The fraction of sp³-hybridized carbons (Fsp3) is 0.381. The number of benzene rings is 2. The number of rotatable bonds is 2. The first-order chi connectivity index (χ1) is 13.1. The SMILES string of the molecule is COc1cc2c(cc1OC)C(=O)Cc1cc3c(cc1CN(C)CC2)OCO3. The lowest BCUT2D eigenvalue weighted by atomic mass is 9.92. The molecule has 0 N–H and O–H groups in total. The highest BCUT2D eigenvalue weighted by molar-refractivity contribution is 5.99. The van der Waals surface area contributed by atoms with Crippen molar-refractivity contribution in [3.05, 3.63) is 46.5 Å². The lowest BCUT2D eigenvalue weighted by Gasteiger charge is -2.23. The maximum atomic E-state index is 13.2. The molecule has 0 saturated heterocycles. The van der Waals surface area contributed by atoms with E-state index < -0.39 is 0 Å². The Bertz CT molecular complexity index is 893. The summed E-state index contributed by atoms with van der Waals surface area (Å²) in [5.41, 5.74) is 3.73. The largest absolute Gasteiger partial charge is 0.493 e. The molecule has 0 bridgehead atoms. The number of hydrogen-bond donors (Lipinski definition) is 0. The van der Waals surface area contributed by atoms with Crippen molar-refractivity contribution >= 4 is 5.78 Å². The number of hydrogen-bond acceptors (Lipinski definition) is 6. The molecule has 2 heterocycles. The molecular weight excluding hydrogens is 346 g/mol. The van der Waals surface area contributed by atoms with E-state index in [0.29, 0.717) is 29.2 Å². The van der Waals surface area contributed by atoms with Crippen molar-refractivity contribution in [2.75, 3.05) is 34.6 Å². The molecule has 0 aliphatic carbocycles. The Morgan fingerprint density at radius 1 is 0.926 bits per heavy atom. The molecule has 0 unspecified atom stereocenters. The van der Waals surface area contributed by atoms with Gasteiger partial charge in [0, 0.05) is 25.1 Å². The van der Waals surface area contributed by atoms with E-state index in [1.807, 2.05) is 18.2 Å². The average Bonchev–Trinajstić information content (AvgIpc) is 3.12. The van der Waals surface area contributed by atoms with Crippen molar-refractivity contribution in [1.82, 2.24) is 4.90 Å². The number of Topliss-reactive ketones (excluding diaryl/α,β-unsaturated/α-hetero) is 1. The van der Waals surface area contributed by atoms with Crippen LogP contribution in [-0.4, -0.2) is 45.3 Å². The predicted molar refractivity (Wildman–Crippen MR) is 100 cm³/mol. The molecule has 0 spiro atoms. The van der Waals surface area contributed by atoms with E-state index in [1.165, 1.54) is 0 Å². The third-order valence-electron chi connectivity index (χ3n) is 5.16. The summed E-state index contributed by atoms with van der Waals surface area (Å²) >= 11 is 0. The van der Waals surface area contributed by atoms with E-state index in [0.717, 1.165) is 42.0 Å². The number of ether oxygens (including phenoxy) is 4. The first kappa shape index (κ1) is 17.7. The summed E-state index contributed by atoms with van der Waals surface area (Å²) in [5.74, 6) is 2.73. The van der Waals surface area contributed by atoms with Gasteiger partial charge in [0.15, 0.2) is 28.8 Å². The Morgan fingerprint density at radius 3 is 2.30 bits per heavy atom. The fourth-order valence-electron chi connectivity index (χ4n) is 3.67. The van der Waals surface area contributed by atoms with Gasteiger partial charge in [0.1, 0.15) is 0 Å². The summed E-state index contributed by atoms with van der Waals surface area (Å²) in [4.78, 5) is 15.4. The Balaban J connectivity index is 1.79. The van der Waals surface area contributed by atoms with Gasteiger partial charge < -0.3 is 23.8 Å². The number of carbonyl (C=O) groups excluding carboxylic acids is 1. The molecule has 4 rings (SSSR count). The molecule has 0 atom stereocenters. The molecule has 2 aliphatic rings. The number of likely N-dealkylation sites (N-methyl/N-ethyl adjacent to an activating group) is 1. The molecule has 27 heavy (non-hydrogen) atoms. The highest BCUT2D eigenvalue weighted by Gasteiger charge is 2.23. The van der Waals surface area contributed by atoms with Gasteiger partial charge in [-0.1, -0.05) is 0 Å². The van der Waals surface area contributed by atoms with Crippen molar-refractivity contribution in [3.8, 4) is 23.0 Å². The molecule has 2 aliphatic heterocycles. The standard InChI is InChI=1S/C21H23NO5/c1-22-5-4-13-7-18(24-2)19(25-3)10-16(13)17(23)6-14-8-20-21(27-12-26-20)9-15(14)11-22/h7-10H,4-6,11-12H2,1-3H3. The summed E-state index contributed by atoms with van der Waals surface area (Å²) in [7, 11) is 5.27. The maximum absolute atomic E-state index is 13.2. The molecule has 142 valence electrons. The number of ketones is 1. The second-order valence-electron chi connectivity index (χ2n) is 6.93. The normalized spacial score (nSPS) is 16.5. The van der Waals surface area contributed by atoms with Gasteiger partial charge in [-0.3, -0.25) is 4.79 Å². The van der Waals surface area contributed by atoms with Gasteiger partial charge in [0.25, 0.3) is 0 Å². The second-order valence-corrected chi connectivity index (χ2v) is 6.93. The van der Waals surface area contributed by atoms with Crippen molar-refractivity contribution in [2.24, 2.45) is 0 Å². The van der Waals surface area contributed by atoms with Crippen LogP contribution in [0.5, 0.6) is 23.0 Å². The maximum Gasteiger partial charge on any atom is 0.231 e.